The van der Waals surface area contributed by atoms with Crippen LogP contribution in [0.3, 0.4) is 0 Å². The van der Waals surface area contributed by atoms with E-state index in [1.165, 1.54) is 16.0 Å². The Morgan fingerprint density at radius 1 is 1.53 bits per heavy atom. The molecule has 2 N–H and O–H groups in total. The van der Waals surface area contributed by atoms with E-state index in [1.807, 2.05) is 12.3 Å². The van der Waals surface area contributed by atoms with Crippen LogP contribution in [-0.4, -0.2) is 18.1 Å². The van der Waals surface area contributed by atoms with Crippen LogP contribution in [0.2, 0.25) is 0 Å². The average Bonchev–Trinajstić information content (AvgIpc) is 2.83. The molecule has 3 nitrogen and oxygen atoms in total. The Morgan fingerprint density at radius 3 is 3.24 bits per heavy atom. The lowest BCUT2D eigenvalue weighted by molar-refractivity contribution is 0.0502. The topological polar surface area (TPSA) is 48.1 Å². The quantitative estimate of drug-likeness (QED) is 0.885. The predicted octanol–water partition coefficient (Wildman–Crippen LogP) is 2.38. The summed E-state index contributed by atoms with van der Waals surface area (Å²) in [6.45, 7) is 1.32. The molecule has 0 radical (unpaired) electrons. The smallest absolute Gasteiger partial charge is 0.0963 e. The molecule has 3 rings (SSSR count). The molecule has 2 aromatic heterocycles. The Balaban J connectivity index is 2.10. The number of rotatable bonds is 2. The minimum absolute atomic E-state index is 0.0419. The van der Waals surface area contributed by atoms with E-state index in [4.69, 9.17) is 10.5 Å². The summed E-state index contributed by atoms with van der Waals surface area (Å²) in [5.41, 5.74) is 9.44. The van der Waals surface area contributed by atoms with Crippen LogP contribution in [0, 0.1) is 0 Å². The Morgan fingerprint density at radius 2 is 2.47 bits per heavy atom. The molecule has 0 fully saturated rings. The fourth-order valence-corrected chi connectivity index (χ4v) is 3.36. The Kier molecular flexibility index (Phi) is 2.93. The third-order valence-electron chi connectivity index (χ3n) is 3.07. The van der Waals surface area contributed by atoms with Gasteiger partial charge in [0.05, 0.1) is 12.7 Å². The van der Waals surface area contributed by atoms with Gasteiger partial charge in [-0.1, -0.05) is 6.07 Å². The molecule has 4 heteroatoms. The third kappa shape index (κ3) is 1.88. The molecule has 1 unspecified atom stereocenters. The first-order chi connectivity index (χ1) is 8.40. The molecule has 0 saturated heterocycles. The molecular formula is C13H14N2OS. The number of pyridine rings is 1. The van der Waals surface area contributed by atoms with Crippen LogP contribution in [0.4, 0.5) is 0 Å². The van der Waals surface area contributed by atoms with Gasteiger partial charge >= 0.3 is 0 Å². The lowest BCUT2D eigenvalue weighted by atomic mass is 9.97. The zero-order chi connectivity index (χ0) is 11.7. The molecule has 2 aromatic rings. The van der Waals surface area contributed by atoms with Gasteiger partial charge in [-0.05, 0) is 11.4 Å². The highest BCUT2D eigenvalue weighted by Gasteiger charge is 2.25. The lowest BCUT2D eigenvalue weighted by Gasteiger charge is -2.23. The minimum atomic E-state index is 0.0419. The van der Waals surface area contributed by atoms with E-state index >= 15 is 0 Å². The first-order valence-corrected chi connectivity index (χ1v) is 6.60. The molecule has 0 amide bonds. The second kappa shape index (κ2) is 4.56. The van der Waals surface area contributed by atoms with Gasteiger partial charge in [-0.3, -0.25) is 4.98 Å². The first kappa shape index (κ1) is 10.9. The van der Waals surface area contributed by atoms with Gasteiger partial charge in [0.15, 0.2) is 0 Å². The Bertz CT molecular complexity index is 509. The molecule has 1 aliphatic rings. The maximum atomic E-state index is 5.79. The van der Waals surface area contributed by atoms with Gasteiger partial charge in [0.25, 0.3) is 0 Å². The summed E-state index contributed by atoms with van der Waals surface area (Å²) < 4.78 is 5.74. The number of nitrogens with zero attached hydrogens (tertiary/aromatic N) is 1. The van der Waals surface area contributed by atoms with Crippen molar-refractivity contribution in [3.63, 3.8) is 0 Å². The van der Waals surface area contributed by atoms with Crippen LogP contribution in [0.25, 0.3) is 11.1 Å². The predicted molar refractivity (Wildman–Crippen MR) is 69.0 cm³/mol. The highest BCUT2D eigenvalue weighted by atomic mass is 32.1. The second-order valence-corrected chi connectivity index (χ2v) is 5.04. The van der Waals surface area contributed by atoms with Gasteiger partial charge < -0.3 is 10.5 Å². The zero-order valence-corrected chi connectivity index (χ0v) is 10.2. The van der Waals surface area contributed by atoms with Crippen molar-refractivity contribution in [1.29, 1.82) is 0 Å². The van der Waals surface area contributed by atoms with Gasteiger partial charge in [-0.25, -0.2) is 0 Å². The molecule has 0 aliphatic carbocycles. The van der Waals surface area contributed by atoms with Gasteiger partial charge in [-0.2, -0.15) is 0 Å². The minimum Gasteiger partial charge on any atom is -0.372 e. The molecule has 17 heavy (non-hydrogen) atoms. The van der Waals surface area contributed by atoms with Crippen LogP contribution >= 0.6 is 11.3 Å². The van der Waals surface area contributed by atoms with Gasteiger partial charge in [-0.15, -0.1) is 11.3 Å². The van der Waals surface area contributed by atoms with E-state index in [2.05, 4.69) is 16.4 Å². The average molecular weight is 246 g/mol. The maximum absolute atomic E-state index is 5.79. The van der Waals surface area contributed by atoms with Gasteiger partial charge in [0.1, 0.15) is 0 Å². The van der Waals surface area contributed by atoms with E-state index < -0.39 is 0 Å². The molecule has 3 heterocycles. The van der Waals surface area contributed by atoms with Crippen molar-refractivity contribution in [2.24, 2.45) is 5.73 Å². The summed E-state index contributed by atoms with van der Waals surface area (Å²) >= 11 is 1.80. The molecule has 88 valence electrons. The molecule has 0 aromatic carbocycles. The Hall–Kier alpha value is -1.23. The molecule has 0 saturated carbocycles. The highest BCUT2D eigenvalue weighted by molar-refractivity contribution is 7.10. The Labute approximate surface area is 104 Å². The fourth-order valence-electron chi connectivity index (χ4n) is 2.26. The van der Waals surface area contributed by atoms with E-state index in [-0.39, 0.29) is 6.10 Å². The summed E-state index contributed by atoms with van der Waals surface area (Å²) in [4.78, 5) is 5.58. The lowest BCUT2D eigenvalue weighted by Crippen LogP contribution is -2.22. The summed E-state index contributed by atoms with van der Waals surface area (Å²) in [7, 11) is 0. The summed E-state index contributed by atoms with van der Waals surface area (Å²) in [6.07, 6.45) is 4.72. The largest absolute Gasteiger partial charge is 0.372 e. The molecule has 0 bridgehead atoms. The number of hydrogen-bond acceptors (Lipinski definition) is 4. The zero-order valence-electron chi connectivity index (χ0n) is 9.43. The van der Waals surface area contributed by atoms with Crippen molar-refractivity contribution in [2.75, 3.05) is 13.2 Å². The monoisotopic (exact) mass is 246 g/mol. The van der Waals surface area contributed by atoms with Gasteiger partial charge in [0.2, 0.25) is 0 Å². The number of ether oxygens (including phenoxy) is 1. The molecule has 1 aliphatic heterocycles. The standard InChI is InChI=1S/C13H14N2OS/c14-6-11-13-10(9-2-1-4-15-7-9)8-17-12(13)3-5-16-11/h1-2,4,7-8,11H,3,5-6,14H2. The van der Waals surface area contributed by atoms with Crippen molar-refractivity contribution < 1.29 is 4.74 Å². The number of nitrogens with two attached hydrogens (primary N) is 1. The summed E-state index contributed by atoms with van der Waals surface area (Å²) in [6, 6.07) is 4.04. The number of fused-ring (bicyclic) bond motifs is 1. The number of aromatic nitrogens is 1. The van der Waals surface area contributed by atoms with Crippen molar-refractivity contribution in [2.45, 2.75) is 12.5 Å². The number of thiophene rings is 1. The normalized spacial score (nSPS) is 19.0. The van der Waals surface area contributed by atoms with Crippen LogP contribution in [-0.2, 0) is 11.2 Å². The van der Waals surface area contributed by atoms with Crippen molar-refractivity contribution in [3.8, 4) is 11.1 Å². The van der Waals surface area contributed by atoms with E-state index in [0.29, 0.717) is 6.54 Å². The van der Waals surface area contributed by atoms with E-state index in [1.54, 1.807) is 17.5 Å². The fraction of sp³-hybridized carbons (Fsp3) is 0.308. The van der Waals surface area contributed by atoms with Crippen LogP contribution < -0.4 is 5.73 Å². The third-order valence-corrected chi connectivity index (χ3v) is 4.13. The van der Waals surface area contributed by atoms with Crippen LogP contribution in [0.15, 0.2) is 29.9 Å². The van der Waals surface area contributed by atoms with Crippen LogP contribution in [0.5, 0.6) is 0 Å². The summed E-state index contributed by atoms with van der Waals surface area (Å²) in [5.74, 6) is 0. The maximum Gasteiger partial charge on any atom is 0.0963 e. The SMILES string of the molecule is NCC1OCCc2scc(-c3cccnc3)c21. The van der Waals surface area contributed by atoms with Crippen molar-refractivity contribution >= 4 is 11.3 Å². The summed E-state index contributed by atoms with van der Waals surface area (Å²) in [5, 5.41) is 2.19. The van der Waals surface area contributed by atoms with Crippen LogP contribution in [0.1, 0.15) is 16.5 Å². The molecular weight excluding hydrogens is 232 g/mol. The van der Waals surface area contributed by atoms with E-state index in [0.717, 1.165) is 18.6 Å². The highest BCUT2D eigenvalue weighted by Crippen LogP contribution is 2.39. The second-order valence-electron chi connectivity index (χ2n) is 4.07. The van der Waals surface area contributed by atoms with E-state index in [9.17, 15) is 0 Å². The first-order valence-electron chi connectivity index (χ1n) is 5.72. The van der Waals surface area contributed by atoms with Crippen molar-refractivity contribution in [1.82, 2.24) is 4.98 Å². The molecule has 1 atom stereocenters. The van der Waals surface area contributed by atoms with Crippen molar-refractivity contribution in [3.05, 3.63) is 40.3 Å². The number of hydrogen-bond donors (Lipinski definition) is 1. The molecule has 0 spiro atoms. The van der Waals surface area contributed by atoms with Gasteiger partial charge in [0, 0.05) is 46.9 Å².